The molecule has 0 fully saturated rings. The maximum absolute atomic E-state index is 11.4. The first-order chi connectivity index (χ1) is 5.87. The number of carbonyl (C=O) groups is 1. The molecule has 0 spiro atoms. The normalized spacial score (nSPS) is 13.9. The van der Waals surface area contributed by atoms with Gasteiger partial charge < -0.3 is 0 Å². The number of hydrogen-bond acceptors (Lipinski definition) is 4. The third-order valence-electron chi connectivity index (χ3n) is 1.34. The van der Waals surface area contributed by atoms with Gasteiger partial charge in [0.1, 0.15) is 0 Å². The van der Waals surface area contributed by atoms with E-state index in [-0.39, 0.29) is 5.97 Å². The van der Waals surface area contributed by atoms with Gasteiger partial charge in [0.05, 0.1) is 0 Å². The van der Waals surface area contributed by atoms with E-state index >= 15 is 0 Å². The summed E-state index contributed by atoms with van der Waals surface area (Å²) >= 11 is -0.741. The average molecular weight is 312 g/mol. The molecule has 78 valence electrons. The second-order valence-electron chi connectivity index (χ2n) is 3.92. The van der Waals surface area contributed by atoms with E-state index in [0.717, 1.165) is 5.75 Å². The molecule has 0 amide bonds. The number of carbonyl (C=O) groups excluding carboxylic acids is 1. The van der Waals surface area contributed by atoms with Gasteiger partial charge in [0.15, 0.2) is 0 Å². The molecule has 0 aromatic heterocycles. The van der Waals surface area contributed by atoms with Crippen LogP contribution in [0.25, 0.3) is 0 Å². The van der Waals surface area contributed by atoms with Crippen LogP contribution in [0.1, 0.15) is 6.42 Å². The standard InChI is InChI=1S/C5H11NO2S.3CH3.Sn/c1-9-3-2-4(6)5(7)8;;;;/h4H,2-3,6H2,1H3,(H,7,8);3*1H3;/q;;;;+1/p-1. The van der Waals surface area contributed by atoms with Gasteiger partial charge in [-0.15, -0.1) is 0 Å². The van der Waals surface area contributed by atoms with Crippen LogP contribution in [-0.4, -0.2) is 42.8 Å². The van der Waals surface area contributed by atoms with Crippen LogP contribution in [0.2, 0.25) is 14.8 Å². The molecule has 0 rings (SSSR count). The van der Waals surface area contributed by atoms with E-state index in [0.29, 0.717) is 6.42 Å². The number of nitrogens with two attached hydrogens (primary N) is 1. The topological polar surface area (TPSA) is 52.3 Å². The second kappa shape index (κ2) is 6.14. The van der Waals surface area contributed by atoms with Gasteiger partial charge in [0.25, 0.3) is 0 Å². The van der Waals surface area contributed by atoms with Gasteiger partial charge in [-0.25, -0.2) is 0 Å². The second-order valence-corrected chi connectivity index (χ2v) is 17.5. The van der Waals surface area contributed by atoms with Crippen LogP contribution in [0.4, 0.5) is 0 Å². The Hall–Kier alpha value is 0.579. The fraction of sp³-hybridized carbons (Fsp3) is 0.875. The predicted octanol–water partition coefficient (Wildman–Crippen LogP) is 1.44. The molecular weight excluding hydrogens is 293 g/mol. The Morgan fingerprint density at radius 2 is 2.08 bits per heavy atom. The molecule has 2 N–H and O–H groups in total. The summed E-state index contributed by atoms with van der Waals surface area (Å²) < 4.78 is 5.33. The summed E-state index contributed by atoms with van der Waals surface area (Å²) in [6, 6.07) is -0.427. The SMILES string of the molecule is CSCCC(N)C(=O)[O][Sn]([CH3])([CH3])[CH3]. The molecule has 1 atom stereocenters. The predicted molar refractivity (Wildman–Crippen MR) is 60.4 cm³/mol. The summed E-state index contributed by atoms with van der Waals surface area (Å²) in [5, 5.41) is 0. The van der Waals surface area contributed by atoms with Crippen molar-refractivity contribution in [2.24, 2.45) is 5.73 Å². The van der Waals surface area contributed by atoms with Gasteiger partial charge in [-0.2, -0.15) is 0 Å². The summed E-state index contributed by atoms with van der Waals surface area (Å²) in [4.78, 5) is 17.5. The van der Waals surface area contributed by atoms with Crippen molar-refractivity contribution in [3.05, 3.63) is 0 Å². The summed E-state index contributed by atoms with van der Waals surface area (Å²) in [7, 11) is 0. The van der Waals surface area contributed by atoms with E-state index in [9.17, 15) is 4.79 Å². The van der Waals surface area contributed by atoms with Crippen molar-refractivity contribution in [3.8, 4) is 0 Å². The molecule has 0 aliphatic rings. The Kier molecular flexibility index (Phi) is 6.41. The zero-order valence-corrected chi connectivity index (χ0v) is 12.5. The van der Waals surface area contributed by atoms with Crippen LogP contribution in [0.5, 0.6) is 0 Å². The van der Waals surface area contributed by atoms with Crippen LogP contribution in [-0.2, 0) is 7.87 Å². The fourth-order valence-electron chi connectivity index (χ4n) is 0.740. The first kappa shape index (κ1) is 13.6. The van der Waals surface area contributed by atoms with Gasteiger partial charge in [-0.3, -0.25) is 0 Å². The van der Waals surface area contributed by atoms with Crippen LogP contribution in [0.3, 0.4) is 0 Å². The van der Waals surface area contributed by atoms with Crippen molar-refractivity contribution in [2.45, 2.75) is 27.3 Å². The number of hydrogen-bond donors (Lipinski definition) is 1. The van der Waals surface area contributed by atoms with Crippen molar-refractivity contribution in [3.63, 3.8) is 0 Å². The Morgan fingerprint density at radius 1 is 1.54 bits per heavy atom. The zero-order chi connectivity index (χ0) is 10.5. The van der Waals surface area contributed by atoms with Crippen LogP contribution >= 0.6 is 11.8 Å². The maximum atomic E-state index is 11.4. The Morgan fingerprint density at radius 3 is 2.46 bits per heavy atom. The summed E-state index contributed by atoms with van der Waals surface area (Å²) in [5.74, 6) is 0.702. The number of rotatable bonds is 5. The fourth-order valence-corrected chi connectivity index (χ4v) is 3.38. The van der Waals surface area contributed by atoms with Crippen molar-refractivity contribution in [2.75, 3.05) is 12.0 Å². The molecule has 0 aliphatic carbocycles. The van der Waals surface area contributed by atoms with Crippen LogP contribution < -0.4 is 5.73 Å². The molecule has 0 radical (unpaired) electrons. The molecule has 0 aliphatic heterocycles. The molecule has 0 saturated carbocycles. The Bertz CT molecular complexity index is 170. The van der Waals surface area contributed by atoms with Crippen molar-refractivity contribution in [1.29, 1.82) is 0 Å². The van der Waals surface area contributed by atoms with Crippen molar-refractivity contribution >= 4 is 36.5 Å². The summed E-state index contributed by atoms with van der Waals surface area (Å²) in [6.07, 6.45) is 2.71. The minimum atomic E-state index is -2.44. The van der Waals surface area contributed by atoms with Crippen molar-refractivity contribution in [1.82, 2.24) is 0 Å². The van der Waals surface area contributed by atoms with Crippen molar-refractivity contribution < 1.29 is 7.87 Å². The van der Waals surface area contributed by atoms with Gasteiger partial charge in [-0.1, -0.05) is 0 Å². The third kappa shape index (κ3) is 7.63. The van der Waals surface area contributed by atoms with Gasteiger partial charge in [-0.05, 0) is 0 Å². The molecule has 3 nitrogen and oxygen atoms in total. The summed E-state index contributed by atoms with van der Waals surface area (Å²) in [6.45, 7) is 0. The van der Waals surface area contributed by atoms with E-state index in [1.165, 1.54) is 0 Å². The molecular formula is C8H19NO2SSn. The van der Waals surface area contributed by atoms with E-state index in [4.69, 9.17) is 8.81 Å². The molecule has 0 aromatic carbocycles. The van der Waals surface area contributed by atoms with Gasteiger partial charge in [0, 0.05) is 0 Å². The molecule has 0 heterocycles. The molecule has 0 aromatic rings. The number of thioether (sulfide) groups is 1. The molecule has 5 heteroatoms. The molecule has 0 saturated heterocycles. The molecule has 0 bridgehead atoms. The third-order valence-corrected chi connectivity index (χ3v) is 4.31. The van der Waals surface area contributed by atoms with E-state index < -0.39 is 24.8 Å². The van der Waals surface area contributed by atoms with E-state index in [2.05, 4.69) is 0 Å². The van der Waals surface area contributed by atoms with Gasteiger partial charge >= 0.3 is 89.4 Å². The van der Waals surface area contributed by atoms with Gasteiger partial charge in [0.2, 0.25) is 0 Å². The quantitative estimate of drug-likeness (QED) is 0.781. The minimum absolute atomic E-state index is 0.211. The van der Waals surface area contributed by atoms with Crippen LogP contribution in [0, 0.1) is 0 Å². The molecule has 1 unspecified atom stereocenters. The molecule has 13 heavy (non-hydrogen) atoms. The Labute approximate surface area is 89.2 Å². The Balaban J connectivity index is 3.83. The zero-order valence-electron chi connectivity index (χ0n) is 8.79. The van der Waals surface area contributed by atoms with E-state index in [1.807, 2.05) is 21.1 Å². The first-order valence-electron chi connectivity index (χ1n) is 4.34. The monoisotopic (exact) mass is 313 g/mol. The summed E-state index contributed by atoms with van der Waals surface area (Å²) in [5.41, 5.74) is 5.66. The van der Waals surface area contributed by atoms with E-state index in [1.54, 1.807) is 11.8 Å². The average Bonchev–Trinajstić information content (AvgIpc) is 1.96. The van der Waals surface area contributed by atoms with Crippen LogP contribution in [0.15, 0.2) is 0 Å². The first-order valence-corrected chi connectivity index (χ1v) is 15.5.